The van der Waals surface area contributed by atoms with E-state index in [4.69, 9.17) is 16.7 Å². The summed E-state index contributed by atoms with van der Waals surface area (Å²) in [5, 5.41) is 10.4. The molecule has 0 fully saturated rings. The van der Waals surface area contributed by atoms with Crippen LogP contribution < -0.4 is 0 Å². The molecular formula is C8H11N5OS. The summed E-state index contributed by atoms with van der Waals surface area (Å²) in [5.74, 6) is 1.56. The van der Waals surface area contributed by atoms with Crippen LogP contribution in [0.15, 0.2) is 10.9 Å². The fourth-order valence-corrected chi connectivity index (χ4v) is 1.61. The van der Waals surface area contributed by atoms with Crippen molar-refractivity contribution < 1.29 is 4.52 Å². The van der Waals surface area contributed by atoms with Gasteiger partial charge < -0.3 is 9.09 Å². The summed E-state index contributed by atoms with van der Waals surface area (Å²) in [7, 11) is 0. The minimum atomic E-state index is 0.611. The van der Waals surface area contributed by atoms with Gasteiger partial charge in [-0.3, -0.25) is 5.10 Å². The monoisotopic (exact) mass is 225 g/mol. The molecule has 0 aliphatic carbocycles. The maximum atomic E-state index is 5.11. The van der Waals surface area contributed by atoms with Crippen LogP contribution in [0.1, 0.15) is 18.6 Å². The van der Waals surface area contributed by atoms with Crippen LogP contribution in [0.25, 0.3) is 0 Å². The van der Waals surface area contributed by atoms with Gasteiger partial charge in [0.1, 0.15) is 5.82 Å². The molecule has 15 heavy (non-hydrogen) atoms. The highest BCUT2D eigenvalue weighted by Crippen LogP contribution is 2.02. The highest BCUT2D eigenvalue weighted by Gasteiger charge is 2.05. The van der Waals surface area contributed by atoms with Crippen LogP contribution in [0.4, 0.5) is 0 Å². The molecule has 6 nitrogen and oxygen atoms in total. The van der Waals surface area contributed by atoms with Crippen LogP contribution in [0.2, 0.25) is 0 Å². The number of rotatable bonds is 4. The molecule has 2 heterocycles. The smallest absolute Gasteiger partial charge is 0.228 e. The topological polar surface area (TPSA) is 72.5 Å². The van der Waals surface area contributed by atoms with Crippen molar-refractivity contribution in [3.05, 3.63) is 22.8 Å². The van der Waals surface area contributed by atoms with Gasteiger partial charge in [0, 0.05) is 19.4 Å². The fourth-order valence-electron chi connectivity index (χ4n) is 1.36. The first-order valence-corrected chi connectivity index (χ1v) is 5.11. The van der Waals surface area contributed by atoms with Gasteiger partial charge in [-0.15, -0.1) is 0 Å². The first kappa shape index (κ1) is 10.0. The molecule has 0 aliphatic rings. The van der Waals surface area contributed by atoms with Gasteiger partial charge >= 0.3 is 0 Å². The van der Waals surface area contributed by atoms with Crippen molar-refractivity contribution in [1.82, 2.24) is 24.9 Å². The van der Waals surface area contributed by atoms with E-state index in [9.17, 15) is 0 Å². The Morgan fingerprint density at radius 1 is 1.60 bits per heavy atom. The standard InChI is InChI=1S/C8H11N5OS/c1-2-6-11-12-8(15)13(6)4-3-7-9-5-10-14-7/h5H,2-4H2,1H3,(H,12,15). The average Bonchev–Trinajstić information content (AvgIpc) is 2.84. The Bertz CT molecular complexity index is 471. The third kappa shape index (κ3) is 2.12. The molecule has 0 saturated carbocycles. The van der Waals surface area contributed by atoms with E-state index < -0.39 is 0 Å². The first-order valence-electron chi connectivity index (χ1n) is 4.71. The second-order valence-corrected chi connectivity index (χ2v) is 3.42. The molecule has 0 aromatic carbocycles. The Labute approximate surface area is 91.3 Å². The van der Waals surface area contributed by atoms with Crippen molar-refractivity contribution in [2.45, 2.75) is 26.3 Å². The molecule has 2 aromatic heterocycles. The number of hydrogen-bond acceptors (Lipinski definition) is 5. The van der Waals surface area contributed by atoms with Crippen LogP contribution >= 0.6 is 12.2 Å². The number of H-pyrrole nitrogens is 1. The van der Waals surface area contributed by atoms with Gasteiger partial charge in [0.25, 0.3) is 0 Å². The Kier molecular flexibility index (Phi) is 2.91. The summed E-state index contributed by atoms with van der Waals surface area (Å²) < 4.78 is 7.48. The van der Waals surface area contributed by atoms with E-state index in [0.29, 0.717) is 23.6 Å². The second-order valence-electron chi connectivity index (χ2n) is 3.04. The summed E-state index contributed by atoms with van der Waals surface area (Å²) in [5.41, 5.74) is 0. The first-order chi connectivity index (χ1) is 7.31. The van der Waals surface area contributed by atoms with Gasteiger partial charge in [-0.05, 0) is 12.2 Å². The quantitative estimate of drug-likeness (QED) is 0.790. The normalized spacial score (nSPS) is 10.7. The number of aryl methyl sites for hydroxylation is 2. The Hall–Kier alpha value is -1.50. The number of nitrogens with one attached hydrogen (secondary N) is 1. The zero-order chi connectivity index (χ0) is 10.7. The molecule has 2 aromatic rings. The highest BCUT2D eigenvalue weighted by atomic mass is 32.1. The van der Waals surface area contributed by atoms with Crippen LogP contribution in [-0.2, 0) is 19.4 Å². The average molecular weight is 225 g/mol. The minimum Gasteiger partial charge on any atom is -0.340 e. The molecule has 0 aliphatic heterocycles. The fraction of sp³-hybridized carbons (Fsp3) is 0.500. The van der Waals surface area contributed by atoms with Crippen molar-refractivity contribution in [2.24, 2.45) is 0 Å². The second kappa shape index (κ2) is 4.35. The van der Waals surface area contributed by atoms with E-state index in [2.05, 4.69) is 20.3 Å². The molecule has 0 bridgehead atoms. The third-order valence-corrected chi connectivity index (χ3v) is 2.42. The summed E-state index contributed by atoms with van der Waals surface area (Å²) in [6.07, 6.45) is 2.91. The molecule has 0 amide bonds. The van der Waals surface area contributed by atoms with Crippen LogP contribution in [-0.4, -0.2) is 24.9 Å². The lowest BCUT2D eigenvalue weighted by Crippen LogP contribution is -2.06. The zero-order valence-electron chi connectivity index (χ0n) is 8.30. The number of nitrogens with zero attached hydrogens (tertiary/aromatic N) is 4. The molecular weight excluding hydrogens is 214 g/mol. The van der Waals surface area contributed by atoms with Gasteiger partial charge in [-0.1, -0.05) is 12.1 Å². The highest BCUT2D eigenvalue weighted by molar-refractivity contribution is 7.71. The summed E-state index contributed by atoms with van der Waals surface area (Å²) in [6, 6.07) is 0. The SMILES string of the molecule is CCc1n[nH]c(=S)n1CCc1ncno1. The van der Waals surface area contributed by atoms with E-state index in [1.165, 1.54) is 6.33 Å². The molecule has 0 saturated heterocycles. The summed E-state index contributed by atoms with van der Waals surface area (Å²) in [6.45, 7) is 2.74. The van der Waals surface area contributed by atoms with Gasteiger partial charge in [0.2, 0.25) is 5.89 Å². The third-order valence-electron chi connectivity index (χ3n) is 2.11. The van der Waals surface area contributed by atoms with E-state index in [-0.39, 0.29) is 0 Å². The molecule has 1 N–H and O–H groups in total. The lowest BCUT2D eigenvalue weighted by atomic mass is 10.4. The van der Waals surface area contributed by atoms with Gasteiger partial charge in [0.15, 0.2) is 11.1 Å². The van der Waals surface area contributed by atoms with Gasteiger partial charge in [-0.25, -0.2) is 0 Å². The van der Waals surface area contributed by atoms with Crippen LogP contribution in [0, 0.1) is 4.77 Å². The number of aromatic nitrogens is 5. The maximum absolute atomic E-state index is 5.11. The van der Waals surface area contributed by atoms with E-state index in [0.717, 1.165) is 12.2 Å². The minimum absolute atomic E-state index is 0.611. The van der Waals surface area contributed by atoms with Crippen molar-refractivity contribution >= 4 is 12.2 Å². The zero-order valence-corrected chi connectivity index (χ0v) is 9.12. The Morgan fingerprint density at radius 2 is 2.47 bits per heavy atom. The summed E-state index contributed by atoms with van der Waals surface area (Å²) >= 11 is 5.11. The molecule has 7 heteroatoms. The lowest BCUT2D eigenvalue weighted by Gasteiger charge is -2.01. The molecule has 0 atom stereocenters. The van der Waals surface area contributed by atoms with Crippen molar-refractivity contribution in [3.63, 3.8) is 0 Å². The van der Waals surface area contributed by atoms with Crippen LogP contribution in [0.5, 0.6) is 0 Å². The Morgan fingerprint density at radius 3 is 3.13 bits per heavy atom. The van der Waals surface area contributed by atoms with Crippen molar-refractivity contribution in [1.29, 1.82) is 0 Å². The van der Waals surface area contributed by atoms with Crippen molar-refractivity contribution in [2.75, 3.05) is 0 Å². The molecule has 80 valence electrons. The number of aromatic amines is 1. The largest absolute Gasteiger partial charge is 0.340 e. The van der Waals surface area contributed by atoms with Crippen LogP contribution in [0.3, 0.4) is 0 Å². The predicted octanol–water partition coefficient (Wildman–Crippen LogP) is 1.13. The molecule has 0 radical (unpaired) electrons. The van der Waals surface area contributed by atoms with Crippen molar-refractivity contribution in [3.8, 4) is 0 Å². The maximum Gasteiger partial charge on any atom is 0.228 e. The molecule has 0 spiro atoms. The van der Waals surface area contributed by atoms with E-state index in [1.807, 2.05) is 11.5 Å². The summed E-state index contributed by atoms with van der Waals surface area (Å²) in [4.78, 5) is 3.95. The molecule has 2 rings (SSSR count). The van der Waals surface area contributed by atoms with E-state index >= 15 is 0 Å². The van der Waals surface area contributed by atoms with Gasteiger partial charge in [0.05, 0.1) is 0 Å². The Balaban J connectivity index is 2.10. The number of hydrogen-bond donors (Lipinski definition) is 1. The van der Waals surface area contributed by atoms with E-state index in [1.54, 1.807) is 0 Å². The lowest BCUT2D eigenvalue weighted by molar-refractivity contribution is 0.370. The predicted molar refractivity (Wildman–Crippen MR) is 54.8 cm³/mol. The van der Waals surface area contributed by atoms with Gasteiger partial charge in [-0.2, -0.15) is 10.1 Å². The molecule has 0 unspecified atom stereocenters.